The number of rotatable bonds is 5. The predicted molar refractivity (Wildman–Crippen MR) is 102 cm³/mol. The van der Waals surface area contributed by atoms with Gasteiger partial charge >= 0.3 is 0 Å². The molecule has 1 aliphatic carbocycles. The second kappa shape index (κ2) is 8.53. The van der Waals surface area contributed by atoms with Crippen LogP contribution in [0.2, 0.25) is 0 Å². The number of likely N-dealkylation sites (tertiary alicyclic amines) is 1. The van der Waals surface area contributed by atoms with Gasteiger partial charge in [0.05, 0.1) is 18.8 Å². The van der Waals surface area contributed by atoms with E-state index in [1.807, 2.05) is 37.3 Å². The largest absolute Gasteiger partial charge is 0.393 e. The molecule has 5 atom stereocenters. The minimum Gasteiger partial charge on any atom is -0.393 e. The minimum absolute atomic E-state index is 0.147. The highest BCUT2D eigenvalue weighted by Crippen LogP contribution is 2.37. The van der Waals surface area contributed by atoms with Crippen molar-refractivity contribution in [2.45, 2.75) is 64.7 Å². The fraction of sp³-hybridized carbons (Fsp3) is 0.636. The summed E-state index contributed by atoms with van der Waals surface area (Å²) in [5.41, 5.74) is 0.936. The Bertz CT molecular complexity index is 644. The predicted octanol–water partition coefficient (Wildman–Crippen LogP) is 2.75. The number of amides is 2. The second-order valence-electron chi connectivity index (χ2n) is 8.64. The fourth-order valence-electron chi connectivity index (χ4n) is 4.83. The van der Waals surface area contributed by atoms with Gasteiger partial charge in [-0.25, -0.2) is 0 Å². The highest BCUT2D eigenvalue weighted by atomic mass is 16.3. The number of imide groups is 1. The van der Waals surface area contributed by atoms with Gasteiger partial charge in [-0.05, 0) is 42.6 Å². The van der Waals surface area contributed by atoms with Gasteiger partial charge in [0.2, 0.25) is 11.8 Å². The molecule has 27 heavy (non-hydrogen) atoms. The van der Waals surface area contributed by atoms with E-state index < -0.39 is 12.2 Å². The summed E-state index contributed by atoms with van der Waals surface area (Å²) in [6.45, 7) is 4.48. The Balaban J connectivity index is 1.58. The van der Waals surface area contributed by atoms with Gasteiger partial charge in [-0.15, -0.1) is 0 Å². The minimum atomic E-state index is -0.670. The summed E-state index contributed by atoms with van der Waals surface area (Å²) in [6, 6.07) is 9.50. The van der Waals surface area contributed by atoms with Crippen molar-refractivity contribution in [3.05, 3.63) is 35.9 Å². The number of hydrogen-bond donors (Lipinski definition) is 2. The van der Waals surface area contributed by atoms with Gasteiger partial charge in [0, 0.05) is 18.8 Å². The zero-order chi connectivity index (χ0) is 19.6. The van der Waals surface area contributed by atoms with Crippen LogP contribution in [0.1, 0.15) is 51.5 Å². The highest BCUT2D eigenvalue weighted by Gasteiger charge is 2.39. The average Bonchev–Trinajstić information content (AvgIpc) is 2.62. The smallest absolute Gasteiger partial charge is 0.229 e. The lowest BCUT2D eigenvalue weighted by atomic mass is 9.70. The molecule has 5 heteroatoms. The Morgan fingerprint density at radius 3 is 2.33 bits per heavy atom. The molecule has 5 nitrogen and oxygen atoms in total. The zero-order valence-corrected chi connectivity index (χ0v) is 16.3. The SMILES string of the molecule is C[C@@H]1CC(C(O)CC2CC(=O)N(Cc3ccccc3)C(=O)C2)[C@@H](O)[C@@H](C)C1. The van der Waals surface area contributed by atoms with Crippen LogP contribution < -0.4 is 0 Å². The summed E-state index contributed by atoms with van der Waals surface area (Å²) < 4.78 is 0. The fourth-order valence-corrected chi connectivity index (χ4v) is 4.83. The van der Waals surface area contributed by atoms with Gasteiger partial charge in [0.15, 0.2) is 0 Å². The van der Waals surface area contributed by atoms with E-state index in [0.717, 1.165) is 18.4 Å². The molecule has 1 saturated heterocycles. The van der Waals surface area contributed by atoms with Gasteiger partial charge in [-0.1, -0.05) is 44.2 Å². The highest BCUT2D eigenvalue weighted by molar-refractivity contribution is 5.97. The third-order valence-corrected chi connectivity index (χ3v) is 6.25. The van der Waals surface area contributed by atoms with E-state index >= 15 is 0 Å². The number of carbonyl (C=O) groups excluding carboxylic acids is 2. The first kappa shape index (κ1) is 20.0. The van der Waals surface area contributed by atoms with E-state index in [9.17, 15) is 19.8 Å². The van der Waals surface area contributed by atoms with Crippen LogP contribution in [0, 0.1) is 23.7 Å². The summed E-state index contributed by atoms with van der Waals surface area (Å²) in [6.07, 6.45) is 1.54. The zero-order valence-electron chi connectivity index (χ0n) is 16.3. The third-order valence-electron chi connectivity index (χ3n) is 6.25. The topological polar surface area (TPSA) is 77.8 Å². The Morgan fingerprint density at radius 2 is 1.70 bits per heavy atom. The van der Waals surface area contributed by atoms with Crippen LogP contribution >= 0.6 is 0 Å². The summed E-state index contributed by atoms with van der Waals surface area (Å²) in [7, 11) is 0. The number of aliphatic hydroxyl groups excluding tert-OH is 2. The number of aliphatic hydroxyl groups is 2. The number of carbonyl (C=O) groups is 2. The van der Waals surface area contributed by atoms with Crippen LogP contribution in [0.3, 0.4) is 0 Å². The second-order valence-corrected chi connectivity index (χ2v) is 8.64. The molecular formula is C22H31NO4. The van der Waals surface area contributed by atoms with E-state index in [-0.39, 0.29) is 42.4 Å². The summed E-state index contributed by atoms with van der Waals surface area (Å²) in [4.78, 5) is 26.4. The first-order valence-electron chi connectivity index (χ1n) is 10.1. The van der Waals surface area contributed by atoms with E-state index in [1.54, 1.807) is 0 Å². The van der Waals surface area contributed by atoms with Gasteiger partial charge in [-0.2, -0.15) is 0 Å². The van der Waals surface area contributed by atoms with E-state index in [1.165, 1.54) is 4.90 Å². The number of hydrogen-bond acceptors (Lipinski definition) is 4. The Morgan fingerprint density at radius 1 is 1.07 bits per heavy atom. The Labute approximate surface area is 161 Å². The normalized spacial score (nSPS) is 31.2. The van der Waals surface area contributed by atoms with Crippen molar-refractivity contribution in [1.29, 1.82) is 0 Å². The molecule has 0 spiro atoms. The lowest BCUT2D eigenvalue weighted by Crippen LogP contribution is -2.45. The van der Waals surface area contributed by atoms with Gasteiger partial charge in [-0.3, -0.25) is 14.5 Å². The maximum atomic E-state index is 12.5. The average molecular weight is 373 g/mol. The van der Waals surface area contributed by atoms with Crippen LogP contribution in [0.15, 0.2) is 30.3 Å². The van der Waals surface area contributed by atoms with E-state index in [2.05, 4.69) is 6.92 Å². The lowest BCUT2D eigenvalue weighted by Gasteiger charge is -2.40. The number of benzene rings is 1. The molecule has 2 aliphatic rings. The number of piperidine rings is 1. The van der Waals surface area contributed by atoms with Crippen molar-refractivity contribution in [3.63, 3.8) is 0 Å². The van der Waals surface area contributed by atoms with Crippen LogP contribution in [-0.2, 0) is 16.1 Å². The first-order valence-corrected chi connectivity index (χ1v) is 10.1. The maximum absolute atomic E-state index is 12.5. The molecule has 148 valence electrons. The van der Waals surface area contributed by atoms with Gasteiger partial charge in [0.1, 0.15) is 0 Å². The van der Waals surface area contributed by atoms with Gasteiger partial charge < -0.3 is 10.2 Å². The van der Waals surface area contributed by atoms with Crippen molar-refractivity contribution < 1.29 is 19.8 Å². The molecular weight excluding hydrogens is 342 g/mol. The van der Waals surface area contributed by atoms with E-state index in [4.69, 9.17) is 0 Å². The molecule has 1 aromatic rings. The van der Waals surface area contributed by atoms with Crippen molar-refractivity contribution in [2.24, 2.45) is 23.7 Å². The van der Waals surface area contributed by atoms with Crippen LogP contribution in [0.5, 0.6) is 0 Å². The third kappa shape index (κ3) is 4.77. The quantitative estimate of drug-likeness (QED) is 0.778. The molecule has 2 unspecified atom stereocenters. The first-order chi connectivity index (χ1) is 12.8. The van der Waals surface area contributed by atoms with Crippen LogP contribution in [0.25, 0.3) is 0 Å². The molecule has 0 bridgehead atoms. The molecule has 2 amide bonds. The Kier molecular flexibility index (Phi) is 6.33. The van der Waals surface area contributed by atoms with E-state index in [0.29, 0.717) is 18.9 Å². The van der Waals surface area contributed by atoms with Crippen LogP contribution in [-0.4, -0.2) is 39.1 Å². The van der Waals surface area contributed by atoms with Gasteiger partial charge in [0.25, 0.3) is 0 Å². The lowest BCUT2D eigenvalue weighted by molar-refractivity contribution is -0.151. The molecule has 1 saturated carbocycles. The molecule has 2 fully saturated rings. The summed E-state index contributed by atoms with van der Waals surface area (Å²) in [5.74, 6) is -0.0112. The molecule has 2 N–H and O–H groups in total. The Hall–Kier alpha value is -1.72. The van der Waals surface area contributed by atoms with Crippen molar-refractivity contribution >= 4 is 11.8 Å². The standard InChI is InChI=1S/C22H31NO4/c1-14-8-15(2)22(27)18(9-14)19(24)10-17-11-20(25)23(21(26)12-17)13-16-6-4-3-5-7-16/h3-7,14-15,17-19,22,24,27H,8-13H2,1-2H3/t14-,15-,18?,19?,22-/m0/s1. The molecule has 1 heterocycles. The molecule has 0 radical (unpaired) electrons. The van der Waals surface area contributed by atoms with Crippen molar-refractivity contribution in [3.8, 4) is 0 Å². The maximum Gasteiger partial charge on any atom is 0.229 e. The van der Waals surface area contributed by atoms with Crippen LogP contribution in [0.4, 0.5) is 0 Å². The molecule has 0 aromatic heterocycles. The summed E-state index contributed by atoms with van der Waals surface area (Å²) >= 11 is 0. The van der Waals surface area contributed by atoms with Crippen molar-refractivity contribution in [2.75, 3.05) is 0 Å². The summed E-state index contributed by atoms with van der Waals surface area (Å²) in [5, 5.41) is 21.2. The van der Waals surface area contributed by atoms with Crippen molar-refractivity contribution in [1.82, 2.24) is 4.90 Å². The molecule has 1 aromatic carbocycles. The number of nitrogens with zero attached hydrogens (tertiary/aromatic N) is 1. The molecule has 3 rings (SSSR count). The monoisotopic (exact) mass is 373 g/mol. The molecule has 1 aliphatic heterocycles.